The standard InChI is InChI=1S/C15H22N2O3/c1-15(2,3)20-14(19)17-9-12(7-13(17)10-18)11-5-4-6-16-8-11/h4-6,8,12-13,18H,7,9-10H2,1-3H3/t12-,13-/m1/s1. The lowest BCUT2D eigenvalue weighted by atomic mass is 9.98. The van der Waals surface area contributed by atoms with E-state index in [-0.39, 0.29) is 24.7 Å². The van der Waals surface area contributed by atoms with Crippen molar-refractivity contribution >= 4 is 6.09 Å². The highest BCUT2D eigenvalue weighted by Crippen LogP contribution is 2.32. The van der Waals surface area contributed by atoms with Gasteiger partial charge in [-0.1, -0.05) is 6.07 Å². The Kier molecular flexibility index (Phi) is 4.28. The van der Waals surface area contributed by atoms with Crippen LogP contribution in [0.4, 0.5) is 4.79 Å². The molecule has 0 unspecified atom stereocenters. The number of hydrogen-bond donors (Lipinski definition) is 1. The predicted octanol–water partition coefficient (Wildman–Crippen LogP) is 2.17. The summed E-state index contributed by atoms with van der Waals surface area (Å²) in [7, 11) is 0. The quantitative estimate of drug-likeness (QED) is 0.900. The molecule has 0 radical (unpaired) electrons. The van der Waals surface area contributed by atoms with Crippen LogP contribution >= 0.6 is 0 Å². The number of aliphatic hydroxyl groups is 1. The fourth-order valence-corrected chi connectivity index (χ4v) is 2.49. The van der Waals surface area contributed by atoms with E-state index in [0.717, 1.165) is 12.0 Å². The Morgan fingerprint density at radius 1 is 1.55 bits per heavy atom. The molecule has 1 aromatic heterocycles. The number of amides is 1. The molecule has 0 aromatic carbocycles. The Bertz CT molecular complexity index is 456. The fraction of sp³-hybridized carbons (Fsp3) is 0.600. The molecule has 2 rings (SSSR count). The number of aromatic nitrogens is 1. The number of carbonyl (C=O) groups excluding carboxylic acids is 1. The van der Waals surface area contributed by atoms with Gasteiger partial charge in [0, 0.05) is 24.9 Å². The predicted molar refractivity (Wildman–Crippen MR) is 75.4 cm³/mol. The van der Waals surface area contributed by atoms with Crippen LogP contribution in [0.15, 0.2) is 24.5 Å². The van der Waals surface area contributed by atoms with Gasteiger partial charge in [-0.05, 0) is 38.8 Å². The van der Waals surface area contributed by atoms with Crippen molar-refractivity contribution in [3.05, 3.63) is 30.1 Å². The molecule has 1 aliphatic rings. The number of ether oxygens (including phenoxy) is 1. The lowest BCUT2D eigenvalue weighted by Crippen LogP contribution is -2.41. The van der Waals surface area contributed by atoms with Crippen LogP contribution in [0, 0.1) is 0 Å². The van der Waals surface area contributed by atoms with Crippen molar-refractivity contribution in [3.8, 4) is 0 Å². The largest absolute Gasteiger partial charge is 0.444 e. The van der Waals surface area contributed by atoms with E-state index in [1.165, 1.54) is 0 Å². The van der Waals surface area contributed by atoms with Crippen molar-refractivity contribution in [3.63, 3.8) is 0 Å². The summed E-state index contributed by atoms with van der Waals surface area (Å²) in [5.41, 5.74) is 0.570. The van der Waals surface area contributed by atoms with Gasteiger partial charge in [0.05, 0.1) is 12.6 Å². The van der Waals surface area contributed by atoms with E-state index < -0.39 is 5.60 Å². The van der Waals surface area contributed by atoms with Gasteiger partial charge in [-0.15, -0.1) is 0 Å². The lowest BCUT2D eigenvalue weighted by Gasteiger charge is -2.27. The van der Waals surface area contributed by atoms with Crippen LogP contribution < -0.4 is 0 Å². The average molecular weight is 278 g/mol. The second-order valence-electron chi connectivity index (χ2n) is 6.19. The topological polar surface area (TPSA) is 62.7 Å². The van der Waals surface area contributed by atoms with E-state index in [9.17, 15) is 9.90 Å². The summed E-state index contributed by atoms with van der Waals surface area (Å²) >= 11 is 0. The maximum atomic E-state index is 12.2. The number of nitrogens with zero attached hydrogens (tertiary/aromatic N) is 2. The van der Waals surface area contributed by atoms with Crippen molar-refractivity contribution in [2.75, 3.05) is 13.2 Å². The molecule has 2 heterocycles. The minimum absolute atomic E-state index is 0.0456. The number of likely N-dealkylation sites (tertiary alicyclic amines) is 1. The van der Waals surface area contributed by atoms with Gasteiger partial charge in [0.1, 0.15) is 5.60 Å². The Balaban J connectivity index is 2.09. The minimum Gasteiger partial charge on any atom is -0.444 e. The van der Waals surface area contributed by atoms with Crippen molar-refractivity contribution < 1.29 is 14.6 Å². The van der Waals surface area contributed by atoms with Crippen LogP contribution in [0.25, 0.3) is 0 Å². The van der Waals surface area contributed by atoms with Gasteiger partial charge in [0.15, 0.2) is 0 Å². The molecule has 1 aromatic rings. The third kappa shape index (κ3) is 3.48. The Morgan fingerprint density at radius 2 is 2.30 bits per heavy atom. The Hall–Kier alpha value is -1.62. The maximum Gasteiger partial charge on any atom is 0.410 e. The molecule has 0 saturated carbocycles. The smallest absolute Gasteiger partial charge is 0.410 e. The van der Waals surface area contributed by atoms with E-state index in [2.05, 4.69) is 4.98 Å². The molecule has 1 aliphatic heterocycles. The molecule has 1 fully saturated rings. The van der Waals surface area contributed by atoms with Crippen LogP contribution in [0.1, 0.15) is 38.7 Å². The first-order valence-electron chi connectivity index (χ1n) is 6.91. The Morgan fingerprint density at radius 3 is 2.85 bits per heavy atom. The van der Waals surface area contributed by atoms with Crippen molar-refractivity contribution in [2.45, 2.75) is 44.8 Å². The second kappa shape index (κ2) is 5.79. The molecule has 0 spiro atoms. The van der Waals surface area contributed by atoms with E-state index >= 15 is 0 Å². The van der Waals surface area contributed by atoms with Gasteiger partial charge >= 0.3 is 6.09 Å². The van der Waals surface area contributed by atoms with Gasteiger partial charge < -0.3 is 14.7 Å². The zero-order valence-corrected chi connectivity index (χ0v) is 12.2. The molecule has 20 heavy (non-hydrogen) atoms. The van der Waals surface area contributed by atoms with Crippen molar-refractivity contribution in [2.24, 2.45) is 0 Å². The van der Waals surface area contributed by atoms with Gasteiger partial charge in [-0.25, -0.2) is 4.79 Å². The molecular weight excluding hydrogens is 256 g/mol. The van der Waals surface area contributed by atoms with Gasteiger partial charge in [0.2, 0.25) is 0 Å². The van der Waals surface area contributed by atoms with Crippen molar-refractivity contribution in [1.82, 2.24) is 9.88 Å². The normalized spacial score (nSPS) is 22.9. The molecule has 0 aliphatic carbocycles. The van der Waals surface area contributed by atoms with Gasteiger partial charge in [-0.3, -0.25) is 4.98 Å². The SMILES string of the molecule is CC(C)(C)OC(=O)N1C[C@H](c2cccnc2)C[C@@H]1CO. The summed E-state index contributed by atoms with van der Waals surface area (Å²) in [6.45, 7) is 6.04. The summed E-state index contributed by atoms with van der Waals surface area (Å²) in [4.78, 5) is 17.9. The van der Waals surface area contributed by atoms with E-state index in [0.29, 0.717) is 6.54 Å². The Labute approximate surface area is 119 Å². The van der Waals surface area contributed by atoms with Crippen LogP contribution in [-0.2, 0) is 4.74 Å². The first-order valence-corrected chi connectivity index (χ1v) is 6.91. The van der Waals surface area contributed by atoms with Gasteiger partial charge in [-0.2, -0.15) is 0 Å². The molecule has 1 saturated heterocycles. The van der Waals surface area contributed by atoms with Crippen LogP contribution in [0.2, 0.25) is 0 Å². The zero-order chi connectivity index (χ0) is 14.8. The van der Waals surface area contributed by atoms with Crippen LogP contribution in [0.3, 0.4) is 0 Å². The number of pyridine rings is 1. The van der Waals surface area contributed by atoms with Crippen LogP contribution in [0.5, 0.6) is 0 Å². The number of carbonyl (C=O) groups is 1. The average Bonchev–Trinajstić information content (AvgIpc) is 2.82. The van der Waals surface area contributed by atoms with Crippen molar-refractivity contribution in [1.29, 1.82) is 0 Å². The first kappa shape index (κ1) is 14.8. The summed E-state index contributed by atoms with van der Waals surface area (Å²) in [6.07, 6.45) is 3.93. The first-order chi connectivity index (χ1) is 9.40. The van der Waals surface area contributed by atoms with E-state index in [1.807, 2.05) is 39.1 Å². The molecule has 2 atom stereocenters. The minimum atomic E-state index is -0.524. The summed E-state index contributed by atoms with van der Waals surface area (Å²) in [5.74, 6) is 0.202. The highest BCUT2D eigenvalue weighted by atomic mass is 16.6. The molecule has 1 amide bonds. The number of hydrogen-bond acceptors (Lipinski definition) is 4. The number of rotatable bonds is 2. The lowest BCUT2D eigenvalue weighted by molar-refractivity contribution is 0.0174. The second-order valence-corrected chi connectivity index (χ2v) is 6.19. The van der Waals surface area contributed by atoms with E-state index in [4.69, 9.17) is 4.74 Å². The molecule has 0 bridgehead atoms. The maximum absolute atomic E-state index is 12.2. The molecular formula is C15H22N2O3. The molecule has 5 nitrogen and oxygen atoms in total. The zero-order valence-electron chi connectivity index (χ0n) is 12.2. The fourth-order valence-electron chi connectivity index (χ4n) is 2.49. The third-order valence-corrected chi connectivity index (χ3v) is 3.41. The summed E-state index contributed by atoms with van der Waals surface area (Å²) in [5, 5.41) is 9.48. The summed E-state index contributed by atoms with van der Waals surface area (Å²) < 4.78 is 5.40. The van der Waals surface area contributed by atoms with Crippen LogP contribution in [-0.4, -0.2) is 45.9 Å². The molecule has 110 valence electrons. The third-order valence-electron chi connectivity index (χ3n) is 3.41. The molecule has 5 heteroatoms. The highest BCUT2D eigenvalue weighted by Gasteiger charge is 2.37. The number of aliphatic hydroxyl groups excluding tert-OH is 1. The van der Waals surface area contributed by atoms with Gasteiger partial charge in [0.25, 0.3) is 0 Å². The highest BCUT2D eigenvalue weighted by molar-refractivity contribution is 5.69. The van der Waals surface area contributed by atoms with E-state index in [1.54, 1.807) is 11.1 Å². The molecule has 1 N–H and O–H groups in total. The summed E-state index contributed by atoms with van der Waals surface area (Å²) in [6, 6.07) is 3.71. The monoisotopic (exact) mass is 278 g/mol.